The molecule has 1 aliphatic rings. The monoisotopic (exact) mass is 251 g/mol. The minimum absolute atomic E-state index is 0.748. The highest BCUT2D eigenvalue weighted by Gasteiger charge is 2.19. The minimum Gasteiger partial charge on any atom is -0.378 e. The van der Waals surface area contributed by atoms with E-state index >= 15 is 0 Å². The number of morpholine rings is 1. The molecular weight excluding hydrogens is 238 g/mol. The molecule has 1 N–H and O–H groups in total. The van der Waals surface area contributed by atoms with Crippen LogP contribution in [0.25, 0.3) is 11.0 Å². The molecule has 0 aromatic carbocycles. The van der Waals surface area contributed by atoms with Crippen LogP contribution < -0.4 is 4.90 Å². The Morgan fingerprint density at radius 3 is 2.94 bits per heavy atom. The Bertz CT molecular complexity index is 522. The van der Waals surface area contributed by atoms with Crippen molar-refractivity contribution in [2.75, 3.05) is 37.5 Å². The summed E-state index contributed by atoms with van der Waals surface area (Å²) in [4.78, 5) is 10.8. The van der Waals surface area contributed by atoms with Crippen molar-refractivity contribution in [3.05, 3.63) is 6.33 Å². The molecule has 0 spiro atoms. The third-order valence-corrected chi connectivity index (χ3v) is 3.49. The number of hydrogen-bond donors (Lipinski definition) is 1. The number of rotatable bonds is 2. The molecule has 17 heavy (non-hydrogen) atoms. The Labute approximate surface area is 103 Å². The number of anilines is 1. The van der Waals surface area contributed by atoms with Gasteiger partial charge in [-0.1, -0.05) is 0 Å². The Hall–Kier alpha value is -1.34. The molecule has 0 amide bonds. The van der Waals surface area contributed by atoms with Gasteiger partial charge in [-0.05, 0) is 6.26 Å². The van der Waals surface area contributed by atoms with Gasteiger partial charge in [0, 0.05) is 13.1 Å². The minimum atomic E-state index is 0.748. The maximum Gasteiger partial charge on any atom is 0.161 e. The first kappa shape index (κ1) is 10.8. The highest BCUT2D eigenvalue weighted by molar-refractivity contribution is 7.98. The fourth-order valence-electron chi connectivity index (χ4n) is 1.98. The maximum absolute atomic E-state index is 5.36. The number of H-pyrrole nitrogens is 1. The molecule has 1 saturated heterocycles. The molecule has 0 radical (unpaired) electrons. The molecule has 1 fully saturated rings. The summed E-state index contributed by atoms with van der Waals surface area (Å²) in [7, 11) is 0. The molecule has 1 aliphatic heterocycles. The lowest BCUT2D eigenvalue weighted by Crippen LogP contribution is -2.36. The summed E-state index contributed by atoms with van der Waals surface area (Å²) in [5.74, 6) is 0.955. The van der Waals surface area contributed by atoms with E-state index in [4.69, 9.17) is 4.74 Å². The van der Waals surface area contributed by atoms with E-state index in [1.807, 2.05) is 6.26 Å². The Balaban J connectivity index is 2.10. The Morgan fingerprint density at radius 2 is 2.18 bits per heavy atom. The van der Waals surface area contributed by atoms with Gasteiger partial charge in [0.15, 0.2) is 5.65 Å². The highest BCUT2D eigenvalue weighted by Crippen LogP contribution is 2.30. The van der Waals surface area contributed by atoms with Crippen LogP contribution in [0.3, 0.4) is 0 Å². The van der Waals surface area contributed by atoms with Crippen molar-refractivity contribution in [3.8, 4) is 0 Å². The lowest BCUT2D eigenvalue weighted by molar-refractivity contribution is 0.122. The van der Waals surface area contributed by atoms with Crippen molar-refractivity contribution < 1.29 is 4.74 Å². The van der Waals surface area contributed by atoms with Gasteiger partial charge in [-0.2, -0.15) is 5.10 Å². The molecule has 6 nitrogen and oxygen atoms in total. The van der Waals surface area contributed by atoms with Crippen LogP contribution in [0.15, 0.2) is 11.4 Å². The van der Waals surface area contributed by atoms with E-state index in [1.54, 1.807) is 18.1 Å². The number of nitrogens with zero attached hydrogens (tertiary/aromatic N) is 4. The fraction of sp³-hybridized carbons (Fsp3) is 0.500. The smallest absolute Gasteiger partial charge is 0.161 e. The van der Waals surface area contributed by atoms with Crippen molar-refractivity contribution in [1.82, 2.24) is 20.2 Å². The van der Waals surface area contributed by atoms with Crippen LogP contribution in [0.2, 0.25) is 0 Å². The molecule has 0 bridgehead atoms. The number of aromatic amines is 1. The van der Waals surface area contributed by atoms with Gasteiger partial charge >= 0.3 is 0 Å². The standard InChI is InChI=1S/C10H13N5OS/c1-17-10-7-8(13-14-10)11-6-12-9(7)15-2-4-16-5-3-15/h6H,2-5H2,1H3,(H,11,12,13,14). The Morgan fingerprint density at radius 1 is 1.35 bits per heavy atom. The quantitative estimate of drug-likeness (QED) is 0.800. The van der Waals surface area contributed by atoms with Gasteiger partial charge in [-0.15, -0.1) is 11.8 Å². The van der Waals surface area contributed by atoms with Crippen LogP contribution in [-0.2, 0) is 4.74 Å². The summed E-state index contributed by atoms with van der Waals surface area (Å²) in [6.45, 7) is 3.23. The molecule has 90 valence electrons. The van der Waals surface area contributed by atoms with Crippen molar-refractivity contribution in [3.63, 3.8) is 0 Å². The second-order valence-corrected chi connectivity index (χ2v) is 4.55. The number of hydrogen-bond acceptors (Lipinski definition) is 6. The van der Waals surface area contributed by atoms with Crippen LogP contribution in [0.1, 0.15) is 0 Å². The van der Waals surface area contributed by atoms with E-state index in [9.17, 15) is 0 Å². The summed E-state index contributed by atoms with van der Waals surface area (Å²) in [5, 5.41) is 9.15. The molecule has 2 aromatic heterocycles. The molecule has 0 atom stereocenters. The molecule has 0 saturated carbocycles. The van der Waals surface area contributed by atoms with Crippen molar-refractivity contribution in [2.24, 2.45) is 0 Å². The number of thioether (sulfide) groups is 1. The van der Waals surface area contributed by atoms with Crippen LogP contribution in [0.5, 0.6) is 0 Å². The predicted molar refractivity (Wildman–Crippen MR) is 66.5 cm³/mol. The van der Waals surface area contributed by atoms with E-state index in [-0.39, 0.29) is 0 Å². The molecule has 3 heterocycles. The van der Waals surface area contributed by atoms with E-state index in [2.05, 4.69) is 25.1 Å². The normalized spacial score (nSPS) is 16.6. The SMILES string of the molecule is CSc1n[nH]c2ncnc(N3CCOCC3)c12. The molecule has 0 unspecified atom stereocenters. The molecule has 2 aromatic rings. The largest absolute Gasteiger partial charge is 0.378 e. The van der Waals surface area contributed by atoms with Crippen LogP contribution in [0, 0.1) is 0 Å². The average molecular weight is 251 g/mol. The third-order valence-electron chi connectivity index (χ3n) is 2.81. The zero-order valence-electron chi connectivity index (χ0n) is 9.51. The summed E-state index contributed by atoms with van der Waals surface area (Å²) in [5.41, 5.74) is 0.797. The fourth-order valence-corrected chi connectivity index (χ4v) is 2.51. The van der Waals surface area contributed by atoms with Gasteiger partial charge in [-0.25, -0.2) is 9.97 Å². The first-order valence-electron chi connectivity index (χ1n) is 5.46. The zero-order valence-corrected chi connectivity index (χ0v) is 10.3. The number of aromatic nitrogens is 4. The van der Waals surface area contributed by atoms with E-state index in [0.29, 0.717) is 0 Å². The number of ether oxygens (including phenoxy) is 1. The van der Waals surface area contributed by atoms with Crippen molar-refractivity contribution in [2.45, 2.75) is 5.03 Å². The van der Waals surface area contributed by atoms with Crippen LogP contribution in [0.4, 0.5) is 5.82 Å². The molecule has 7 heteroatoms. The van der Waals surface area contributed by atoms with E-state index in [1.165, 1.54) is 0 Å². The lowest BCUT2D eigenvalue weighted by atomic mass is 10.3. The van der Waals surface area contributed by atoms with Crippen molar-refractivity contribution >= 4 is 28.6 Å². The Kier molecular flexibility index (Phi) is 2.86. The summed E-state index contributed by atoms with van der Waals surface area (Å²) in [6.07, 6.45) is 3.58. The molecular formula is C10H13N5OS. The second kappa shape index (κ2) is 4.50. The zero-order chi connectivity index (χ0) is 11.7. The van der Waals surface area contributed by atoms with Gasteiger partial charge < -0.3 is 9.64 Å². The van der Waals surface area contributed by atoms with E-state index in [0.717, 1.165) is 48.2 Å². The van der Waals surface area contributed by atoms with E-state index < -0.39 is 0 Å². The summed E-state index contributed by atoms with van der Waals surface area (Å²) >= 11 is 1.60. The lowest BCUT2D eigenvalue weighted by Gasteiger charge is -2.28. The van der Waals surface area contributed by atoms with Crippen molar-refractivity contribution in [1.29, 1.82) is 0 Å². The number of fused-ring (bicyclic) bond motifs is 1. The molecule has 3 rings (SSSR count). The topological polar surface area (TPSA) is 66.9 Å². The first-order valence-corrected chi connectivity index (χ1v) is 6.68. The maximum atomic E-state index is 5.36. The van der Waals surface area contributed by atoms with Gasteiger partial charge in [0.1, 0.15) is 17.2 Å². The average Bonchev–Trinajstić information content (AvgIpc) is 2.82. The highest BCUT2D eigenvalue weighted by atomic mass is 32.2. The van der Waals surface area contributed by atoms with Gasteiger partial charge in [0.05, 0.1) is 18.6 Å². The summed E-state index contributed by atoms with van der Waals surface area (Å²) < 4.78 is 5.36. The van der Waals surface area contributed by atoms with Gasteiger partial charge in [-0.3, -0.25) is 5.10 Å². The number of nitrogens with one attached hydrogen (secondary N) is 1. The second-order valence-electron chi connectivity index (χ2n) is 3.75. The van der Waals surface area contributed by atoms with Gasteiger partial charge in [0.25, 0.3) is 0 Å². The first-order chi connectivity index (χ1) is 8.40. The summed E-state index contributed by atoms with van der Waals surface area (Å²) in [6, 6.07) is 0. The van der Waals surface area contributed by atoms with Crippen LogP contribution >= 0.6 is 11.8 Å². The van der Waals surface area contributed by atoms with Crippen LogP contribution in [-0.4, -0.2) is 52.7 Å². The predicted octanol–water partition coefficient (Wildman–Crippen LogP) is 0.911. The van der Waals surface area contributed by atoms with Gasteiger partial charge in [0.2, 0.25) is 0 Å². The third kappa shape index (κ3) is 1.85. The molecule has 0 aliphatic carbocycles.